The largest absolute Gasteiger partial charge is 0.421 e. The molecule has 4 nitrogen and oxygen atoms in total. The topological polar surface area (TPSA) is 48.0 Å². The Kier molecular flexibility index (Phi) is 2.50. The van der Waals surface area contributed by atoms with Gasteiger partial charge in [-0.3, -0.25) is 4.57 Å². The third-order valence-corrected chi connectivity index (χ3v) is 4.67. The molecule has 0 atom stereocenters. The van der Waals surface area contributed by atoms with Crippen LogP contribution in [0.3, 0.4) is 0 Å². The zero-order valence-corrected chi connectivity index (χ0v) is 12.5. The van der Waals surface area contributed by atoms with Crippen LogP contribution in [0.2, 0.25) is 0 Å². The van der Waals surface area contributed by atoms with Crippen molar-refractivity contribution >= 4 is 22.0 Å². The van der Waals surface area contributed by atoms with Crippen molar-refractivity contribution in [3.05, 3.63) is 70.3 Å². The molecular weight excluding hydrogens is 288 g/mol. The van der Waals surface area contributed by atoms with E-state index in [4.69, 9.17) is 4.42 Å². The van der Waals surface area contributed by atoms with Crippen molar-refractivity contribution < 1.29 is 4.42 Å². The summed E-state index contributed by atoms with van der Waals surface area (Å²) in [6.07, 6.45) is 5.21. The highest BCUT2D eigenvalue weighted by Crippen LogP contribution is 2.28. The van der Waals surface area contributed by atoms with E-state index in [1.807, 2.05) is 28.8 Å². The summed E-state index contributed by atoms with van der Waals surface area (Å²) >= 11 is 0. The lowest BCUT2D eigenvalue weighted by atomic mass is 10.1. The fraction of sp³-hybridized carbons (Fsp3) is 0.158. The number of aryl methyl sites for hydroxylation is 2. The smallest absolute Gasteiger partial charge is 0.364 e. The minimum absolute atomic E-state index is 0.379. The van der Waals surface area contributed by atoms with E-state index in [0.717, 1.165) is 29.4 Å². The lowest BCUT2D eigenvalue weighted by Gasteiger charge is -2.08. The molecule has 23 heavy (non-hydrogen) atoms. The fourth-order valence-electron chi connectivity index (χ4n) is 3.56. The second kappa shape index (κ2) is 4.56. The highest BCUT2D eigenvalue weighted by atomic mass is 16.4. The van der Waals surface area contributed by atoms with Gasteiger partial charge in [-0.2, -0.15) is 0 Å². The summed E-state index contributed by atoms with van der Waals surface area (Å²) in [4.78, 5) is 16.5. The summed E-state index contributed by atoms with van der Waals surface area (Å²) in [6.45, 7) is 0. The van der Waals surface area contributed by atoms with Gasteiger partial charge in [-0.25, -0.2) is 9.78 Å². The Morgan fingerprint density at radius 1 is 1.04 bits per heavy atom. The van der Waals surface area contributed by atoms with Gasteiger partial charge in [0.2, 0.25) is 0 Å². The average molecular weight is 302 g/mol. The minimum Gasteiger partial charge on any atom is -0.421 e. The van der Waals surface area contributed by atoms with Gasteiger partial charge in [0.1, 0.15) is 11.9 Å². The van der Waals surface area contributed by atoms with Crippen LogP contribution < -0.4 is 5.63 Å². The van der Waals surface area contributed by atoms with E-state index >= 15 is 0 Å². The maximum Gasteiger partial charge on any atom is 0.364 e. The van der Waals surface area contributed by atoms with Crippen molar-refractivity contribution in [2.24, 2.45) is 0 Å². The fourth-order valence-corrected chi connectivity index (χ4v) is 3.56. The summed E-state index contributed by atoms with van der Waals surface area (Å²) in [5.74, 6) is 0. The Balaban J connectivity index is 1.87. The van der Waals surface area contributed by atoms with Gasteiger partial charge in [0.05, 0.1) is 5.52 Å². The highest BCUT2D eigenvalue weighted by molar-refractivity contribution is 6.01. The van der Waals surface area contributed by atoms with Gasteiger partial charge in [0.15, 0.2) is 5.52 Å². The van der Waals surface area contributed by atoms with Crippen molar-refractivity contribution in [1.82, 2.24) is 9.55 Å². The van der Waals surface area contributed by atoms with Gasteiger partial charge in [-0.05, 0) is 54.7 Å². The average Bonchev–Trinajstić information content (AvgIpc) is 3.21. The van der Waals surface area contributed by atoms with Gasteiger partial charge in [-0.1, -0.05) is 18.2 Å². The first kappa shape index (κ1) is 12.6. The van der Waals surface area contributed by atoms with E-state index < -0.39 is 5.63 Å². The molecule has 0 fully saturated rings. The molecule has 4 aromatic rings. The quantitative estimate of drug-likeness (QED) is 0.505. The first-order valence-corrected chi connectivity index (χ1v) is 7.82. The molecule has 0 unspecified atom stereocenters. The molecule has 112 valence electrons. The summed E-state index contributed by atoms with van der Waals surface area (Å²) < 4.78 is 7.36. The Morgan fingerprint density at radius 2 is 1.91 bits per heavy atom. The molecule has 0 saturated heterocycles. The van der Waals surface area contributed by atoms with Crippen molar-refractivity contribution in [1.29, 1.82) is 0 Å². The van der Waals surface area contributed by atoms with Gasteiger partial charge in [0, 0.05) is 11.1 Å². The van der Waals surface area contributed by atoms with Crippen LogP contribution in [-0.2, 0) is 12.8 Å². The first-order chi connectivity index (χ1) is 11.3. The number of imidazole rings is 1. The van der Waals surface area contributed by atoms with Crippen LogP contribution in [0.25, 0.3) is 27.7 Å². The van der Waals surface area contributed by atoms with E-state index in [1.165, 1.54) is 17.5 Å². The van der Waals surface area contributed by atoms with Crippen LogP contribution >= 0.6 is 0 Å². The van der Waals surface area contributed by atoms with E-state index in [2.05, 4.69) is 23.2 Å². The van der Waals surface area contributed by atoms with Crippen LogP contribution in [0.4, 0.5) is 0 Å². The second-order valence-electron chi connectivity index (χ2n) is 6.00. The summed E-state index contributed by atoms with van der Waals surface area (Å²) in [6, 6.07) is 14.1. The molecule has 0 radical (unpaired) electrons. The number of hydrogen-bond donors (Lipinski definition) is 0. The number of rotatable bonds is 1. The third kappa shape index (κ3) is 1.78. The van der Waals surface area contributed by atoms with E-state index in [-0.39, 0.29) is 0 Å². The van der Waals surface area contributed by atoms with Crippen LogP contribution in [0, 0.1) is 0 Å². The van der Waals surface area contributed by atoms with Crippen LogP contribution in [0.15, 0.2) is 58.0 Å². The molecule has 1 aliphatic rings. The molecule has 2 heterocycles. The maximum atomic E-state index is 12.2. The molecule has 0 amide bonds. The van der Waals surface area contributed by atoms with E-state index in [9.17, 15) is 4.79 Å². The third-order valence-electron chi connectivity index (χ3n) is 4.67. The van der Waals surface area contributed by atoms with Crippen LogP contribution in [0.5, 0.6) is 0 Å². The Labute approximate surface area is 132 Å². The normalized spacial score (nSPS) is 13.7. The zero-order valence-electron chi connectivity index (χ0n) is 12.5. The number of aromatic nitrogens is 2. The number of nitrogens with zero attached hydrogens (tertiary/aromatic N) is 2. The molecule has 0 aliphatic heterocycles. The number of fused-ring (bicyclic) bond motifs is 4. The maximum absolute atomic E-state index is 12.2. The molecule has 4 heteroatoms. The van der Waals surface area contributed by atoms with Gasteiger partial charge < -0.3 is 4.42 Å². The monoisotopic (exact) mass is 302 g/mol. The van der Waals surface area contributed by atoms with Crippen molar-refractivity contribution in [3.63, 3.8) is 0 Å². The van der Waals surface area contributed by atoms with Crippen LogP contribution in [0.1, 0.15) is 17.5 Å². The lowest BCUT2D eigenvalue weighted by molar-refractivity contribution is 0.568. The molecule has 0 N–H and O–H groups in total. The Bertz CT molecular complexity index is 1120. The molecule has 2 aromatic heterocycles. The molecule has 0 saturated carbocycles. The predicted molar refractivity (Wildman–Crippen MR) is 89.1 cm³/mol. The summed E-state index contributed by atoms with van der Waals surface area (Å²) in [5.41, 5.74) is 5.27. The van der Waals surface area contributed by atoms with Crippen molar-refractivity contribution in [2.45, 2.75) is 19.3 Å². The van der Waals surface area contributed by atoms with E-state index in [0.29, 0.717) is 11.1 Å². The first-order valence-electron chi connectivity index (χ1n) is 7.82. The Morgan fingerprint density at radius 3 is 2.87 bits per heavy atom. The SMILES string of the molecule is O=c1oc2ccccc2c2c1ncn2-c1ccc2c(c1)CCC2. The van der Waals surface area contributed by atoms with E-state index in [1.54, 1.807) is 6.33 Å². The van der Waals surface area contributed by atoms with Crippen molar-refractivity contribution in [3.8, 4) is 5.69 Å². The highest BCUT2D eigenvalue weighted by Gasteiger charge is 2.16. The zero-order chi connectivity index (χ0) is 15.4. The van der Waals surface area contributed by atoms with Gasteiger partial charge >= 0.3 is 5.63 Å². The molecule has 2 aromatic carbocycles. The lowest BCUT2D eigenvalue weighted by Crippen LogP contribution is -2.01. The second-order valence-corrected chi connectivity index (χ2v) is 6.00. The van der Waals surface area contributed by atoms with Crippen molar-refractivity contribution in [2.75, 3.05) is 0 Å². The predicted octanol–water partition coefficient (Wildman–Crippen LogP) is 3.62. The standard InChI is InChI=1S/C19H14N2O2/c22-19-17-18(15-6-1-2-7-16(15)23-19)21(11-20-17)14-9-8-12-4-3-5-13(12)10-14/h1-2,6-11H,3-5H2. The Hall–Kier alpha value is -2.88. The number of hydrogen-bond acceptors (Lipinski definition) is 3. The molecule has 0 spiro atoms. The summed E-state index contributed by atoms with van der Waals surface area (Å²) in [5, 5.41) is 0.903. The molecule has 1 aliphatic carbocycles. The summed E-state index contributed by atoms with van der Waals surface area (Å²) in [7, 11) is 0. The van der Waals surface area contributed by atoms with Gasteiger partial charge in [0.25, 0.3) is 0 Å². The van der Waals surface area contributed by atoms with Crippen LogP contribution in [-0.4, -0.2) is 9.55 Å². The number of para-hydroxylation sites is 1. The number of benzene rings is 2. The molecular formula is C19H14N2O2. The molecule has 0 bridgehead atoms. The molecule has 5 rings (SSSR count). The minimum atomic E-state index is -0.390. The van der Waals surface area contributed by atoms with Gasteiger partial charge in [-0.15, -0.1) is 0 Å².